The summed E-state index contributed by atoms with van der Waals surface area (Å²) in [7, 11) is -5.56. The highest BCUT2D eigenvalue weighted by Gasteiger charge is 2.38. The zero-order valence-electron chi connectivity index (χ0n) is 58.7. The molecule has 77 heavy (non-hydrogen) atoms. The topological polar surface area (TPSA) is 402 Å². The van der Waals surface area contributed by atoms with Gasteiger partial charge >= 0.3 is 23.5 Å². The number of aliphatic hydroxyl groups excluding tert-OH is 6. The van der Waals surface area contributed by atoms with Crippen LogP contribution in [-0.4, -0.2) is 237 Å². The van der Waals surface area contributed by atoms with Crippen LogP contribution in [0, 0.1) is 10.8 Å². The Bertz CT molecular complexity index is 1500. The summed E-state index contributed by atoms with van der Waals surface area (Å²) in [5.41, 5.74) is -2.31. The van der Waals surface area contributed by atoms with E-state index < -0.39 is 65.4 Å². The highest BCUT2D eigenvalue weighted by Crippen LogP contribution is 2.46. The number of ether oxygens (including phenoxy) is 6. The van der Waals surface area contributed by atoms with Crippen molar-refractivity contribution >= 4 is 35.3 Å². The van der Waals surface area contributed by atoms with Crippen LogP contribution in [0.2, 0.25) is 0 Å². The smallest absolute Gasteiger partial charge is 0.396 e. The first-order valence-electron chi connectivity index (χ1n) is 31.7. The molecule has 0 aliphatic rings. The second kappa shape index (κ2) is 55.3. The standard InChI is InChI=1S/C40H83N2O26P3.6CH4/c1-57-69(51,52)68-36(26-41-37(49)10-2-4-22-64-70(53,54)66-34-39(32-62-24-16-47,28-58-18-6-12-43)29-59-19-7-13-44)27-42-38(50)11-3-5-23-65-71(55,56)67-35-40(33-63-25-17-48,30-60-20-8-14-45)31-61-21-9-15-46;;;;;;/h36,43-48H,2-35H2,1H3,(H,41,49)(H,42,50)(H,51,52)(H,53,54)(H,55,56);6*1H4/i43D,44D,45D,46D,47D,48D;6*1T. The van der Waals surface area contributed by atoms with Gasteiger partial charge in [0.1, 0.15) is 6.10 Å². The molecule has 0 aromatic rings. The number of hydrogen-bond donors (Lipinski definition) is 11. The van der Waals surface area contributed by atoms with Crippen molar-refractivity contribution in [3.05, 3.63) is 0 Å². The number of amides is 2. The molecule has 0 radical (unpaired) electrons. The Kier molecular flexibility index (Phi) is 46.7. The highest BCUT2D eigenvalue weighted by atomic mass is 31.2. The largest absolute Gasteiger partial charge is 0.472 e. The molecule has 0 saturated carbocycles. The number of hydrogen-bond acceptors (Lipinski definition) is 23. The third-order valence-corrected chi connectivity index (χ3v) is 12.3. The van der Waals surface area contributed by atoms with E-state index in [1.165, 1.54) is 44.4 Å². The van der Waals surface area contributed by atoms with Crippen molar-refractivity contribution in [2.45, 2.75) is 115 Å². The fourth-order valence-corrected chi connectivity index (χ4v) is 8.01. The van der Waals surface area contributed by atoms with Gasteiger partial charge in [-0.25, -0.2) is 13.7 Å². The molecule has 0 aromatic heterocycles. The fourth-order valence-electron chi connectivity index (χ4n) is 5.65. The predicted octanol–water partition coefficient (Wildman–Crippen LogP) is 3.36. The van der Waals surface area contributed by atoms with Gasteiger partial charge < -0.3 is 84.4 Å². The van der Waals surface area contributed by atoms with Gasteiger partial charge in [-0.3, -0.25) is 36.7 Å². The lowest BCUT2D eigenvalue weighted by Crippen LogP contribution is -2.42. The molecule has 11 N–H and O–H groups in total. The number of aliphatic hydroxyl groups is 6. The maximum atomic E-state index is 12.9. The van der Waals surface area contributed by atoms with E-state index in [2.05, 4.69) is 45.8 Å². The van der Waals surface area contributed by atoms with E-state index in [1.54, 1.807) is 0 Å². The summed E-state index contributed by atoms with van der Waals surface area (Å²) in [6.45, 7) is -1.71. The van der Waals surface area contributed by atoms with Crippen LogP contribution >= 0.6 is 23.5 Å². The maximum absolute atomic E-state index is 12.9. The Hall–Kier alpha value is -1.21. The minimum absolute atomic E-state index is 0.00624. The molecule has 0 heterocycles. The van der Waals surface area contributed by atoms with Crippen LogP contribution in [0.5, 0.6) is 0 Å². The van der Waals surface area contributed by atoms with Crippen molar-refractivity contribution < 1.29 is 132 Å². The van der Waals surface area contributed by atoms with Crippen molar-refractivity contribution in [3.63, 3.8) is 0 Å². The number of carbonyl (C=O) groups is 2. The zero-order valence-corrected chi connectivity index (χ0v) is 49.4. The fraction of sp³-hybridized carbons (Fsp3) is 0.957. The summed E-state index contributed by atoms with van der Waals surface area (Å²) in [4.78, 5) is 56.4. The second-order valence-electron chi connectivity index (χ2n) is 16.0. The summed E-state index contributed by atoms with van der Waals surface area (Å²) >= 11 is 0. The van der Waals surface area contributed by atoms with Gasteiger partial charge in [0.2, 0.25) is 20.4 Å². The first-order valence-corrected chi connectivity index (χ1v) is 27.7. The van der Waals surface area contributed by atoms with Crippen molar-refractivity contribution in [1.82, 2.24) is 10.6 Å². The molecule has 472 valence electrons. The van der Waals surface area contributed by atoms with Gasteiger partial charge in [0.25, 0.3) is 0 Å². The predicted molar refractivity (Wildman–Crippen MR) is 290 cm³/mol. The van der Waals surface area contributed by atoms with Crippen molar-refractivity contribution in [3.8, 4) is 0 Å². The maximum Gasteiger partial charge on any atom is 0.472 e. The quantitative estimate of drug-likeness (QED) is 0.0307. The molecule has 0 spiro atoms. The number of rotatable bonds is 59. The Morgan fingerprint density at radius 2 is 0.766 bits per heavy atom. The summed E-state index contributed by atoms with van der Waals surface area (Å²) in [6, 6.07) is 0. The average molecular weight is 1220 g/mol. The normalized spacial score (nSPS) is 15.6. The van der Waals surface area contributed by atoms with E-state index in [0.717, 1.165) is 7.11 Å². The first-order chi connectivity index (χ1) is 42.9. The van der Waals surface area contributed by atoms with Gasteiger partial charge in [-0.15, -0.1) is 0 Å². The number of unbranched alkanes of at least 4 members (excludes halogenated alkanes) is 2. The lowest BCUT2D eigenvalue weighted by atomic mass is 9.92. The van der Waals surface area contributed by atoms with Gasteiger partial charge in [0.05, 0.1) is 103 Å². The molecule has 31 heteroatoms. The van der Waals surface area contributed by atoms with Crippen LogP contribution in [0.4, 0.5) is 0 Å². The van der Waals surface area contributed by atoms with E-state index in [1.807, 2.05) is 0 Å². The van der Waals surface area contributed by atoms with Gasteiger partial charge in [-0.2, -0.15) is 0 Å². The summed E-state index contributed by atoms with van der Waals surface area (Å²) in [5.74, 6) is -1.08. The highest BCUT2D eigenvalue weighted by molar-refractivity contribution is 7.47. The number of phosphoric ester groups is 3. The van der Waals surface area contributed by atoms with Gasteiger partial charge in [0, 0.05) is 94.1 Å². The molecule has 0 aromatic carbocycles. The van der Waals surface area contributed by atoms with Crippen LogP contribution in [0.3, 0.4) is 0 Å². The van der Waals surface area contributed by atoms with Gasteiger partial charge in [-0.05, 0) is 51.4 Å². The second-order valence-corrected chi connectivity index (χ2v) is 20.4. The van der Waals surface area contributed by atoms with Crippen molar-refractivity contribution in [1.29, 1.82) is 8.59 Å². The Balaban J connectivity index is -0.00000105. The third kappa shape index (κ3) is 50.3. The molecule has 2 amide bonds. The van der Waals surface area contributed by atoms with Crippen LogP contribution in [-0.2, 0) is 78.8 Å². The number of phosphoric acid groups is 3. The molecule has 0 aliphatic heterocycles. The summed E-state index contributed by atoms with van der Waals surface area (Å²) < 4.78 is 178. The molecule has 0 fully saturated rings. The minimum Gasteiger partial charge on any atom is -0.396 e. The molecule has 0 bridgehead atoms. The molecule has 3 atom stereocenters. The molecule has 0 saturated heterocycles. The SMILES string of the molecule is [2H]OCCCOCC(COCCCO[2H])(COCCO[2H])COP(=O)(O)OCCCCC(=O)NCC(CNC(=O)CCCCOP(=O)(O)OCC(COCCCO[2H])(COCCCO[2H])COCCO[2H])OP(=O)(O)OC.[3H]C.[3H]C.[3H]C.[3H]C.[3H]C.[3H]C. The number of carbonyl (C=O) groups excluding carboxylic acids is 2. The summed E-state index contributed by atoms with van der Waals surface area (Å²) in [6.07, 6.45) is 0.599. The molecule has 3 unspecified atom stereocenters. The van der Waals surface area contributed by atoms with E-state index in [0.29, 0.717) is 25.7 Å². The zero-order chi connectivity index (χ0) is 69.4. The molecule has 0 rings (SSSR count). The molecule has 28 nitrogen and oxygen atoms in total. The lowest BCUT2D eigenvalue weighted by molar-refractivity contribution is -0.121. The lowest BCUT2D eigenvalue weighted by Gasteiger charge is -2.33. The third-order valence-electron chi connectivity index (χ3n) is 9.38. The van der Waals surface area contributed by atoms with Crippen LogP contribution in [0.1, 0.15) is 117 Å². The Morgan fingerprint density at radius 3 is 1.06 bits per heavy atom. The van der Waals surface area contributed by atoms with Crippen LogP contribution < -0.4 is 10.6 Å². The molecular weight excluding hydrogens is 1090 g/mol. The van der Waals surface area contributed by atoms with E-state index >= 15 is 0 Å². The van der Waals surface area contributed by atoms with Gasteiger partial charge in [-0.1, -0.05) is 44.4 Å². The minimum atomic E-state index is -4.69. The Morgan fingerprint density at radius 1 is 0.455 bits per heavy atom. The summed E-state index contributed by atoms with van der Waals surface area (Å²) in [5, 5.41) is 30.8. The van der Waals surface area contributed by atoms with Crippen LogP contribution in [0.25, 0.3) is 0 Å². The number of nitrogens with one attached hydrogen (secondary N) is 2. The van der Waals surface area contributed by atoms with Crippen molar-refractivity contribution in [2.75, 3.05) is 166 Å². The van der Waals surface area contributed by atoms with Crippen LogP contribution in [0.15, 0.2) is 0 Å². The van der Waals surface area contributed by atoms with Crippen molar-refractivity contribution in [2.24, 2.45) is 10.8 Å². The van der Waals surface area contributed by atoms with Gasteiger partial charge in [0.15, 0.2) is 0 Å². The molecule has 0 aliphatic carbocycles. The van der Waals surface area contributed by atoms with E-state index in [-0.39, 0.29) is 184 Å². The monoisotopic (exact) mass is 1210 g/mol. The molecular formula is C46H107N2O26P3. The first kappa shape index (κ1) is 65.0. The Labute approximate surface area is 477 Å². The van der Waals surface area contributed by atoms with E-state index in [4.69, 9.17) is 67.9 Å². The van der Waals surface area contributed by atoms with E-state index in [9.17, 15) is 38.0 Å². The average Bonchev–Trinajstić information content (AvgIpc) is 3.39.